The number of aliphatic hydroxyl groups excluding tert-OH is 1. The van der Waals surface area contributed by atoms with Crippen molar-refractivity contribution in [3.63, 3.8) is 0 Å². The molecule has 1 amide bonds. The largest absolute Gasteiger partial charge is 0.453 e. The lowest BCUT2D eigenvalue weighted by atomic mass is 9.64. The normalized spacial score (nSPS) is 42.8. The molecule has 2 fully saturated rings. The second kappa shape index (κ2) is 4.83. The molecule has 0 aromatic heterocycles. The van der Waals surface area contributed by atoms with Crippen molar-refractivity contribution in [3.8, 4) is 0 Å². The zero-order valence-electron chi connectivity index (χ0n) is 12.6. The van der Waals surface area contributed by atoms with E-state index < -0.39 is 23.2 Å². The van der Waals surface area contributed by atoms with E-state index in [9.17, 15) is 14.7 Å². The van der Waals surface area contributed by atoms with Gasteiger partial charge in [0.25, 0.3) is 0 Å². The van der Waals surface area contributed by atoms with Gasteiger partial charge < -0.3 is 15.2 Å². The number of fused-ring (bicyclic) bond motifs is 1. The number of carbonyl (C=O) groups is 2. The number of allylic oxidation sites excluding steroid dienone is 1. The van der Waals surface area contributed by atoms with Crippen LogP contribution < -0.4 is 5.32 Å². The van der Waals surface area contributed by atoms with Gasteiger partial charge in [0.2, 0.25) is 11.4 Å². The first-order valence-corrected chi connectivity index (χ1v) is 7.87. The molecule has 21 heavy (non-hydrogen) atoms. The fourth-order valence-corrected chi connectivity index (χ4v) is 4.17. The Morgan fingerprint density at radius 1 is 1.52 bits per heavy atom. The first kappa shape index (κ1) is 14.6. The molecular weight excluding hydrogens is 270 g/mol. The summed E-state index contributed by atoms with van der Waals surface area (Å²) in [6.07, 6.45) is 7.40. The number of amides is 1. The predicted molar refractivity (Wildman–Crippen MR) is 76.3 cm³/mol. The van der Waals surface area contributed by atoms with E-state index in [1.54, 1.807) is 6.92 Å². The summed E-state index contributed by atoms with van der Waals surface area (Å²) >= 11 is 0. The Morgan fingerprint density at radius 3 is 2.86 bits per heavy atom. The molecular formula is C16H23NO4. The Kier molecular flexibility index (Phi) is 3.35. The number of nitrogens with one attached hydrogen (secondary N) is 1. The molecule has 0 bridgehead atoms. The number of hydrogen-bond acceptors (Lipinski definition) is 4. The summed E-state index contributed by atoms with van der Waals surface area (Å²) in [5.74, 6) is -1.15. The van der Waals surface area contributed by atoms with Gasteiger partial charge in [-0.3, -0.25) is 4.79 Å². The van der Waals surface area contributed by atoms with Crippen molar-refractivity contribution in [2.45, 2.75) is 63.2 Å². The highest BCUT2D eigenvalue weighted by atomic mass is 16.6. The van der Waals surface area contributed by atoms with Gasteiger partial charge in [0.15, 0.2) is 5.60 Å². The summed E-state index contributed by atoms with van der Waals surface area (Å²) in [6.45, 7) is 3.78. The summed E-state index contributed by atoms with van der Waals surface area (Å²) in [7, 11) is 0. The zero-order valence-corrected chi connectivity index (χ0v) is 12.6. The number of aliphatic hydroxyl groups is 1. The van der Waals surface area contributed by atoms with Gasteiger partial charge in [-0.2, -0.15) is 0 Å². The predicted octanol–water partition coefficient (Wildman–Crippen LogP) is 1.30. The second-order valence-corrected chi connectivity index (χ2v) is 6.60. The molecule has 5 heteroatoms. The molecule has 0 radical (unpaired) electrons. The van der Waals surface area contributed by atoms with Crippen LogP contribution in [0.5, 0.6) is 0 Å². The quantitative estimate of drug-likeness (QED) is 0.605. The molecule has 0 aromatic rings. The van der Waals surface area contributed by atoms with E-state index in [-0.39, 0.29) is 17.7 Å². The summed E-state index contributed by atoms with van der Waals surface area (Å²) in [4.78, 5) is 24.5. The van der Waals surface area contributed by atoms with Crippen molar-refractivity contribution in [2.75, 3.05) is 0 Å². The SMILES string of the molecule is CCC[C@H]1C(=O)NC2([C@@H](O)C3C=CCCC3)C(=O)O[C@@]12C. The highest BCUT2D eigenvalue weighted by Crippen LogP contribution is 2.53. The third kappa shape index (κ3) is 1.73. The minimum absolute atomic E-state index is 0.105. The van der Waals surface area contributed by atoms with E-state index in [1.165, 1.54) is 0 Å². The lowest BCUT2D eigenvalue weighted by Gasteiger charge is -2.54. The molecule has 0 aromatic carbocycles. The summed E-state index contributed by atoms with van der Waals surface area (Å²) in [6, 6.07) is 0. The van der Waals surface area contributed by atoms with Crippen LogP contribution in [0, 0.1) is 11.8 Å². The molecule has 3 aliphatic rings. The van der Waals surface area contributed by atoms with Crippen LogP contribution in [0.15, 0.2) is 12.2 Å². The van der Waals surface area contributed by atoms with E-state index in [4.69, 9.17) is 4.74 Å². The smallest absolute Gasteiger partial charge is 0.339 e. The van der Waals surface area contributed by atoms with Gasteiger partial charge in [-0.15, -0.1) is 0 Å². The van der Waals surface area contributed by atoms with Crippen molar-refractivity contribution >= 4 is 11.9 Å². The number of rotatable bonds is 4. The van der Waals surface area contributed by atoms with Gasteiger partial charge in [-0.1, -0.05) is 25.5 Å². The summed E-state index contributed by atoms with van der Waals surface area (Å²) in [5, 5.41) is 13.6. The molecule has 2 aliphatic heterocycles. The van der Waals surface area contributed by atoms with Crippen molar-refractivity contribution in [1.82, 2.24) is 5.32 Å². The first-order valence-electron chi connectivity index (χ1n) is 7.87. The van der Waals surface area contributed by atoms with E-state index >= 15 is 0 Å². The molecule has 2 saturated heterocycles. The summed E-state index contributed by atoms with van der Waals surface area (Å²) < 4.78 is 5.40. The molecule has 0 spiro atoms. The van der Waals surface area contributed by atoms with Gasteiger partial charge in [0.05, 0.1) is 12.0 Å². The van der Waals surface area contributed by atoms with Crippen LogP contribution in [0.3, 0.4) is 0 Å². The van der Waals surface area contributed by atoms with Crippen LogP contribution in [0.25, 0.3) is 0 Å². The lowest BCUT2D eigenvalue weighted by Crippen LogP contribution is -2.80. The average Bonchev–Trinajstić information content (AvgIpc) is 2.65. The van der Waals surface area contributed by atoms with E-state index in [0.29, 0.717) is 6.42 Å². The monoisotopic (exact) mass is 293 g/mol. The molecule has 5 atom stereocenters. The first-order chi connectivity index (χ1) is 9.97. The average molecular weight is 293 g/mol. The molecule has 2 N–H and O–H groups in total. The van der Waals surface area contributed by atoms with Gasteiger partial charge >= 0.3 is 5.97 Å². The molecule has 3 rings (SSSR count). The molecule has 1 aliphatic carbocycles. The molecule has 2 heterocycles. The number of carbonyl (C=O) groups excluding carboxylic acids is 2. The fourth-order valence-electron chi connectivity index (χ4n) is 4.17. The van der Waals surface area contributed by atoms with Crippen LogP contribution in [0.1, 0.15) is 46.0 Å². The number of hydrogen-bond donors (Lipinski definition) is 2. The Labute approximate surface area is 124 Å². The lowest BCUT2D eigenvalue weighted by molar-refractivity contribution is -0.238. The van der Waals surface area contributed by atoms with Crippen LogP contribution >= 0.6 is 0 Å². The van der Waals surface area contributed by atoms with E-state index in [1.807, 2.05) is 19.1 Å². The Bertz CT molecular complexity index is 503. The van der Waals surface area contributed by atoms with Crippen molar-refractivity contribution in [2.24, 2.45) is 11.8 Å². The third-order valence-corrected chi connectivity index (χ3v) is 5.43. The second-order valence-electron chi connectivity index (χ2n) is 6.60. The van der Waals surface area contributed by atoms with Crippen molar-refractivity contribution in [3.05, 3.63) is 12.2 Å². The number of ether oxygens (including phenoxy) is 1. The van der Waals surface area contributed by atoms with Gasteiger partial charge in [-0.05, 0) is 32.6 Å². The van der Waals surface area contributed by atoms with E-state index in [2.05, 4.69) is 5.32 Å². The van der Waals surface area contributed by atoms with Crippen LogP contribution in [-0.2, 0) is 14.3 Å². The Hall–Kier alpha value is -1.36. The standard InChI is InChI=1S/C16H23NO4/c1-3-7-11-13(19)17-16(14(20)21-15(11,16)2)12(18)10-8-5-4-6-9-10/h5,8,10-12,18H,3-4,6-7,9H2,1-2H3,(H,17,19)/t10?,11-,12-,15-,16?/m0/s1. The van der Waals surface area contributed by atoms with Crippen molar-refractivity contribution < 1.29 is 19.4 Å². The van der Waals surface area contributed by atoms with Gasteiger partial charge in [0.1, 0.15) is 0 Å². The van der Waals surface area contributed by atoms with Crippen LogP contribution in [0.2, 0.25) is 0 Å². The molecule has 2 unspecified atom stereocenters. The highest BCUT2D eigenvalue weighted by Gasteiger charge is 2.79. The topological polar surface area (TPSA) is 75.6 Å². The van der Waals surface area contributed by atoms with Gasteiger partial charge in [0, 0.05) is 5.92 Å². The van der Waals surface area contributed by atoms with Gasteiger partial charge in [-0.25, -0.2) is 4.79 Å². The maximum absolute atomic E-state index is 12.3. The minimum atomic E-state index is -1.27. The third-order valence-electron chi connectivity index (χ3n) is 5.43. The Balaban J connectivity index is 1.94. The van der Waals surface area contributed by atoms with E-state index in [0.717, 1.165) is 25.7 Å². The minimum Gasteiger partial charge on any atom is -0.453 e. The molecule has 0 saturated carbocycles. The van der Waals surface area contributed by atoms with Crippen LogP contribution in [-0.4, -0.2) is 34.2 Å². The number of esters is 1. The van der Waals surface area contributed by atoms with Crippen molar-refractivity contribution in [1.29, 1.82) is 0 Å². The summed E-state index contributed by atoms with van der Waals surface area (Å²) in [5.41, 5.74) is -2.20. The highest BCUT2D eigenvalue weighted by molar-refractivity contribution is 6.01. The fraction of sp³-hybridized carbons (Fsp3) is 0.750. The maximum atomic E-state index is 12.3. The van der Waals surface area contributed by atoms with Crippen LogP contribution in [0.4, 0.5) is 0 Å². The Morgan fingerprint density at radius 2 is 2.29 bits per heavy atom. The molecule has 5 nitrogen and oxygen atoms in total. The molecule has 116 valence electrons. The zero-order chi connectivity index (χ0) is 15.3. The maximum Gasteiger partial charge on any atom is 0.339 e.